The second-order valence-corrected chi connectivity index (χ2v) is 9.11. The lowest BCUT2D eigenvalue weighted by atomic mass is 9.67. The molecule has 30 heavy (non-hydrogen) atoms. The van der Waals surface area contributed by atoms with Crippen molar-refractivity contribution in [2.45, 2.75) is 52.0 Å². The number of pyridine rings is 1. The summed E-state index contributed by atoms with van der Waals surface area (Å²) in [4.78, 5) is 54.3. The Morgan fingerprint density at radius 1 is 1.23 bits per heavy atom. The van der Waals surface area contributed by atoms with Crippen LogP contribution in [0.2, 0.25) is 0 Å². The Morgan fingerprint density at radius 2 is 1.93 bits per heavy atom. The van der Waals surface area contributed by atoms with E-state index in [1.807, 2.05) is 0 Å². The Balaban J connectivity index is 1.50. The van der Waals surface area contributed by atoms with Gasteiger partial charge < -0.3 is 16.0 Å². The molecule has 0 bridgehead atoms. The molecule has 162 valence electrons. The zero-order chi connectivity index (χ0) is 21.9. The molecule has 5 amide bonds. The molecule has 9 nitrogen and oxygen atoms in total. The molecule has 2 aliphatic rings. The van der Waals surface area contributed by atoms with Gasteiger partial charge in [0.05, 0.1) is 18.4 Å². The third-order valence-electron chi connectivity index (χ3n) is 6.00. The van der Waals surface area contributed by atoms with Gasteiger partial charge >= 0.3 is 6.03 Å². The molecular formula is C21H29N5O4. The molecule has 0 aromatic carbocycles. The fourth-order valence-corrected chi connectivity index (χ4v) is 4.16. The summed E-state index contributed by atoms with van der Waals surface area (Å²) in [6.45, 7) is 5.88. The van der Waals surface area contributed by atoms with E-state index in [4.69, 9.17) is 0 Å². The van der Waals surface area contributed by atoms with E-state index in [9.17, 15) is 19.2 Å². The topological polar surface area (TPSA) is 120 Å². The number of urea groups is 1. The molecule has 9 heteroatoms. The van der Waals surface area contributed by atoms with Gasteiger partial charge in [0.1, 0.15) is 12.1 Å². The summed E-state index contributed by atoms with van der Waals surface area (Å²) in [5, 5.41) is 7.85. The lowest BCUT2D eigenvalue weighted by Crippen LogP contribution is -2.51. The molecule has 2 heterocycles. The lowest BCUT2D eigenvalue weighted by molar-refractivity contribution is -0.136. The summed E-state index contributed by atoms with van der Waals surface area (Å²) in [5.74, 6) is -0.857. The Hall–Kier alpha value is -2.97. The molecule has 1 saturated carbocycles. The first-order chi connectivity index (χ1) is 14.1. The van der Waals surface area contributed by atoms with Crippen molar-refractivity contribution in [2.24, 2.45) is 11.3 Å². The van der Waals surface area contributed by atoms with Gasteiger partial charge in [-0.3, -0.25) is 24.3 Å². The van der Waals surface area contributed by atoms with Crippen molar-refractivity contribution >= 4 is 29.4 Å². The van der Waals surface area contributed by atoms with Crippen molar-refractivity contribution in [3.8, 4) is 0 Å². The lowest BCUT2D eigenvalue weighted by Gasteiger charge is -2.40. The highest BCUT2D eigenvalue weighted by Crippen LogP contribution is 2.43. The first-order valence-electron chi connectivity index (χ1n) is 10.2. The van der Waals surface area contributed by atoms with Crippen LogP contribution in [0.25, 0.3) is 0 Å². The monoisotopic (exact) mass is 415 g/mol. The van der Waals surface area contributed by atoms with Crippen LogP contribution in [0.5, 0.6) is 0 Å². The van der Waals surface area contributed by atoms with Crippen molar-refractivity contribution in [1.29, 1.82) is 0 Å². The highest BCUT2D eigenvalue weighted by molar-refractivity contribution is 6.09. The van der Waals surface area contributed by atoms with Gasteiger partial charge in [-0.1, -0.05) is 20.8 Å². The summed E-state index contributed by atoms with van der Waals surface area (Å²) in [7, 11) is 0. The smallest absolute Gasteiger partial charge is 0.325 e. The molecular weight excluding hydrogens is 386 g/mol. The van der Waals surface area contributed by atoms with Gasteiger partial charge in [0.2, 0.25) is 11.8 Å². The molecule has 1 aromatic heterocycles. The van der Waals surface area contributed by atoms with Gasteiger partial charge in [-0.05, 0) is 49.1 Å². The maximum Gasteiger partial charge on any atom is 0.325 e. The summed E-state index contributed by atoms with van der Waals surface area (Å²) in [6.07, 6.45) is 5.92. The number of aromatic nitrogens is 1. The van der Waals surface area contributed by atoms with Crippen LogP contribution in [0.3, 0.4) is 0 Å². The number of anilines is 1. The normalized spacial score (nSPS) is 24.0. The van der Waals surface area contributed by atoms with Crippen LogP contribution in [0.4, 0.5) is 10.5 Å². The van der Waals surface area contributed by atoms with Gasteiger partial charge in [0.15, 0.2) is 0 Å². The fraction of sp³-hybridized carbons (Fsp3) is 0.571. The van der Waals surface area contributed by atoms with Crippen LogP contribution in [0.1, 0.15) is 46.5 Å². The summed E-state index contributed by atoms with van der Waals surface area (Å²) < 4.78 is 0. The van der Waals surface area contributed by atoms with E-state index in [0.717, 1.165) is 17.7 Å². The summed E-state index contributed by atoms with van der Waals surface area (Å²) in [6, 6.07) is 2.80. The first kappa shape index (κ1) is 21.7. The molecule has 1 aliphatic carbocycles. The van der Waals surface area contributed by atoms with Crippen LogP contribution in [-0.2, 0) is 14.4 Å². The zero-order valence-electron chi connectivity index (χ0n) is 17.7. The van der Waals surface area contributed by atoms with E-state index in [1.165, 1.54) is 6.20 Å². The number of hydrogen-bond acceptors (Lipinski definition) is 5. The van der Waals surface area contributed by atoms with Crippen LogP contribution >= 0.6 is 0 Å². The predicted octanol–water partition coefficient (Wildman–Crippen LogP) is 1.66. The van der Waals surface area contributed by atoms with Crippen molar-refractivity contribution < 1.29 is 19.2 Å². The molecule has 2 fully saturated rings. The van der Waals surface area contributed by atoms with E-state index in [-0.39, 0.29) is 17.9 Å². The third kappa shape index (κ3) is 4.77. The highest BCUT2D eigenvalue weighted by Gasteiger charge is 2.53. The number of imide groups is 1. The number of nitrogens with zero attached hydrogens (tertiary/aromatic N) is 2. The number of rotatable bonds is 5. The maximum absolute atomic E-state index is 12.9. The second-order valence-electron chi connectivity index (χ2n) is 9.11. The Kier molecular flexibility index (Phi) is 6.09. The molecule has 0 atom stereocenters. The SMILES string of the molecule is CC(C)(C)C1CCC2(CC1)NC(=O)N(CC(=O)NCC(=O)Nc1cccnc1)C2=O. The van der Waals surface area contributed by atoms with Crippen LogP contribution in [0, 0.1) is 11.3 Å². The minimum atomic E-state index is -0.906. The molecule has 1 saturated heterocycles. The number of hydrogen-bond donors (Lipinski definition) is 3. The molecule has 1 aromatic rings. The molecule has 1 aliphatic heterocycles. The zero-order valence-corrected chi connectivity index (χ0v) is 17.7. The van der Waals surface area contributed by atoms with Crippen molar-refractivity contribution in [2.75, 3.05) is 18.4 Å². The number of carbonyl (C=O) groups is 4. The van der Waals surface area contributed by atoms with Crippen molar-refractivity contribution in [3.05, 3.63) is 24.5 Å². The van der Waals surface area contributed by atoms with E-state index < -0.39 is 29.9 Å². The van der Waals surface area contributed by atoms with E-state index >= 15 is 0 Å². The maximum atomic E-state index is 12.9. The van der Waals surface area contributed by atoms with Crippen LogP contribution in [0.15, 0.2) is 24.5 Å². The van der Waals surface area contributed by atoms with Gasteiger partial charge in [0.25, 0.3) is 5.91 Å². The van der Waals surface area contributed by atoms with Crippen LogP contribution < -0.4 is 16.0 Å². The van der Waals surface area contributed by atoms with E-state index in [0.29, 0.717) is 24.4 Å². The van der Waals surface area contributed by atoms with Gasteiger partial charge in [-0.15, -0.1) is 0 Å². The van der Waals surface area contributed by atoms with E-state index in [2.05, 4.69) is 41.7 Å². The second kappa shape index (κ2) is 8.41. The minimum Gasteiger partial charge on any atom is -0.345 e. The molecule has 3 rings (SSSR count). The number of amides is 5. The Labute approximate surface area is 176 Å². The Bertz CT molecular complexity index is 826. The third-order valence-corrected chi connectivity index (χ3v) is 6.00. The highest BCUT2D eigenvalue weighted by atomic mass is 16.2. The Morgan fingerprint density at radius 3 is 2.53 bits per heavy atom. The molecule has 3 N–H and O–H groups in total. The summed E-state index contributed by atoms with van der Waals surface area (Å²) in [5.41, 5.74) is -0.237. The average molecular weight is 415 g/mol. The standard InChI is InChI=1S/C21H29N5O4/c1-20(2,3)14-6-8-21(9-7-14)18(29)26(19(30)25-21)13-17(28)23-12-16(27)24-15-5-4-10-22-11-15/h4-5,10-11,14H,6-9,12-13H2,1-3H3,(H,23,28)(H,24,27)(H,25,30). The number of carbonyl (C=O) groups excluding carboxylic acids is 4. The largest absolute Gasteiger partial charge is 0.345 e. The molecule has 1 spiro atoms. The van der Waals surface area contributed by atoms with Crippen molar-refractivity contribution in [1.82, 2.24) is 20.5 Å². The van der Waals surface area contributed by atoms with Gasteiger partial charge in [-0.25, -0.2) is 4.79 Å². The minimum absolute atomic E-state index is 0.156. The molecule has 0 unspecified atom stereocenters. The summed E-state index contributed by atoms with van der Waals surface area (Å²) >= 11 is 0. The molecule has 0 radical (unpaired) electrons. The fourth-order valence-electron chi connectivity index (χ4n) is 4.16. The van der Waals surface area contributed by atoms with E-state index in [1.54, 1.807) is 18.3 Å². The van der Waals surface area contributed by atoms with Crippen LogP contribution in [-0.4, -0.2) is 52.3 Å². The predicted molar refractivity (Wildman–Crippen MR) is 110 cm³/mol. The van der Waals surface area contributed by atoms with Gasteiger partial charge in [0, 0.05) is 6.20 Å². The van der Waals surface area contributed by atoms with Crippen molar-refractivity contribution in [3.63, 3.8) is 0 Å². The first-order valence-corrected chi connectivity index (χ1v) is 10.2. The number of nitrogens with one attached hydrogen (secondary N) is 3. The van der Waals surface area contributed by atoms with Gasteiger partial charge in [-0.2, -0.15) is 0 Å². The quantitative estimate of drug-likeness (QED) is 0.632. The average Bonchev–Trinajstić information content (AvgIpc) is 2.91.